The van der Waals surface area contributed by atoms with E-state index in [9.17, 15) is 0 Å². The minimum absolute atomic E-state index is 1.12. The second kappa shape index (κ2) is 13.2. The lowest BCUT2D eigenvalue weighted by atomic mass is 9.91. The lowest BCUT2D eigenvalue weighted by Crippen LogP contribution is -2.09. The molecular formula is C58H37N3. The van der Waals surface area contributed by atoms with Crippen LogP contribution in [0.5, 0.6) is 0 Å². The molecule has 61 heavy (non-hydrogen) atoms. The number of hydrogen-bond acceptors (Lipinski definition) is 1. The Labute approximate surface area is 353 Å². The number of anilines is 3. The highest BCUT2D eigenvalue weighted by Gasteiger charge is 2.26. The molecule has 284 valence electrons. The summed E-state index contributed by atoms with van der Waals surface area (Å²) < 4.78 is 4.90. The summed E-state index contributed by atoms with van der Waals surface area (Å²) in [6.07, 6.45) is 0. The van der Waals surface area contributed by atoms with Crippen LogP contribution in [0.25, 0.3) is 99.1 Å². The molecule has 12 aromatic rings. The summed E-state index contributed by atoms with van der Waals surface area (Å²) in [5.74, 6) is 0. The molecule has 0 unspecified atom stereocenters. The van der Waals surface area contributed by atoms with Gasteiger partial charge in [-0.3, -0.25) is 0 Å². The lowest BCUT2D eigenvalue weighted by molar-refractivity contribution is 1.18. The largest absolute Gasteiger partial charge is 0.311 e. The van der Waals surface area contributed by atoms with E-state index in [0.29, 0.717) is 0 Å². The van der Waals surface area contributed by atoms with E-state index in [0.717, 1.165) is 22.7 Å². The minimum Gasteiger partial charge on any atom is -0.311 e. The monoisotopic (exact) mass is 775 g/mol. The zero-order valence-corrected chi connectivity index (χ0v) is 33.2. The average molecular weight is 776 g/mol. The van der Waals surface area contributed by atoms with Crippen LogP contribution in [0.4, 0.5) is 17.1 Å². The molecule has 13 rings (SSSR count). The first-order valence-electron chi connectivity index (χ1n) is 21.0. The molecule has 0 radical (unpaired) electrons. The second-order valence-electron chi connectivity index (χ2n) is 16.1. The number of nitrogens with zero attached hydrogens (tertiary/aromatic N) is 3. The molecule has 3 nitrogen and oxygen atoms in total. The van der Waals surface area contributed by atoms with E-state index in [1.54, 1.807) is 0 Å². The van der Waals surface area contributed by atoms with E-state index < -0.39 is 0 Å². The van der Waals surface area contributed by atoms with Gasteiger partial charge in [0.25, 0.3) is 0 Å². The van der Waals surface area contributed by atoms with Gasteiger partial charge in [0.05, 0.1) is 22.1 Å². The fourth-order valence-electron chi connectivity index (χ4n) is 10.2. The third kappa shape index (κ3) is 5.04. The first-order chi connectivity index (χ1) is 30.3. The quantitative estimate of drug-likeness (QED) is 0.164. The van der Waals surface area contributed by atoms with Gasteiger partial charge in [-0.25, -0.2) is 0 Å². The van der Waals surface area contributed by atoms with Crippen LogP contribution in [0.2, 0.25) is 0 Å². The maximum Gasteiger partial charge on any atom is 0.0547 e. The minimum atomic E-state index is 1.12. The third-order valence-electron chi connectivity index (χ3n) is 12.8. The van der Waals surface area contributed by atoms with Crippen LogP contribution in [0.1, 0.15) is 0 Å². The highest BCUT2D eigenvalue weighted by atomic mass is 15.1. The maximum atomic E-state index is 2.47. The van der Waals surface area contributed by atoms with Gasteiger partial charge in [-0.15, -0.1) is 0 Å². The topological polar surface area (TPSA) is 13.1 Å². The molecule has 1 aliphatic rings. The molecule has 3 heteroatoms. The first kappa shape index (κ1) is 33.8. The van der Waals surface area contributed by atoms with Crippen molar-refractivity contribution in [2.45, 2.75) is 0 Å². The summed E-state index contributed by atoms with van der Waals surface area (Å²) in [5, 5.41) is 7.73. The molecule has 0 bridgehead atoms. The highest BCUT2D eigenvalue weighted by molar-refractivity contribution is 6.31. The van der Waals surface area contributed by atoms with E-state index in [1.165, 1.54) is 93.5 Å². The van der Waals surface area contributed by atoms with E-state index in [2.05, 4.69) is 238 Å². The molecular weight excluding hydrogens is 739 g/mol. The Morgan fingerprint density at radius 3 is 1.52 bits per heavy atom. The number of aromatic nitrogens is 2. The molecule has 0 fully saturated rings. The highest BCUT2D eigenvalue weighted by Crippen LogP contribution is 2.51. The summed E-state index contributed by atoms with van der Waals surface area (Å²) in [4.78, 5) is 2.30. The van der Waals surface area contributed by atoms with Crippen LogP contribution in [0.3, 0.4) is 0 Å². The number of benzene rings is 10. The molecule has 0 saturated carbocycles. The average Bonchev–Trinajstić information content (AvgIpc) is 3.81. The summed E-state index contributed by atoms with van der Waals surface area (Å²) in [5.41, 5.74) is 18.0. The van der Waals surface area contributed by atoms with Crippen LogP contribution in [-0.4, -0.2) is 9.13 Å². The molecule has 2 heterocycles. The van der Waals surface area contributed by atoms with Crippen LogP contribution >= 0.6 is 0 Å². The van der Waals surface area contributed by atoms with E-state index in [4.69, 9.17) is 0 Å². The number of hydrogen-bond donors (Lipinski definition) is 0. The van der Waals surface area contributed by atoms with Crippen LogP contribution in [0, 0.1) is 0 Å². The van der Waals surface area contributed by atoms with Crippen molar-refractivity contribution in [3.63, 3.8) is 0 Å². The van der Waals surface area contributed by atoms with Crippen molar-refractivity contribution in [3.05, 3.63) is 224 Å². The third-order valence-corrected chi connectivity index (χ3v) is 12.8. The van der Waals surface area contributed by atoms with Gasteiger partial charge < -0.3 is 14.0 Å². The van der Waals surface area contributed by atoms with Crippen molar-refractivity contribution in [2.75, 3.05) is 4.90 Å². The lowest BCUT2D eigenvalue weighted by Gasteiger charge is -2.25. The molecule has 0 aliphatic heterocycles. The zero-order chi connectivity index (χ0) is 40.0. The van der Waals surface area contributed by atoms with Crippen LogP contribution in [0.15, 0.2) is 224 Å². The fraction of sp³-hybridized carbons (Fsp3) is 0. The Bertz CT molecular complexity index is 3620. The molecule has 0 saturated heterocycles. The molecule has 10 aromatic carbocycles. The Balaban J connectivity index is 0.970. The standard InChI is InChI=1S/C58H37N3/c1-4-15-41(16-5-1)59(42-17-6-2-7-18-42)44-31-26-38(27-32-44)39-28-33-45(34-29-39)61-53-25-13-23-48-50-37-55-51(46-21-10-11-24-52(46)60(55)43-19-8-3-9-20-43)36-49(50)47-22-12-14-40-30-35-54(61)58(56(40)47)57(48)53/h1-37H. The summed E-state index contributed by atoms with van der Waals surface area (Å²) in [6, 6.07) is 82.0. The van der Waals surface area contributed by atoms with Crippen LogP contribution < -0.4 is 4.90 Å². The Morgan fingerprint density at radius 2 is 0.803 bits per heavy atom. The van der Waals surface area contributed by atoms with Gasteiger partial charge in [-0.05, 0) is 135 Å². The molecule has 0 N–H and O–H groups in total. The first-order valence-corrected chi connectivity index (χ1v) is 21.0. The smallest absolute Gasteiger partial charge is 0.0547 e. The van der Waals surface area contributed by atoms with Crippen molar-refractivity contribution in [1.29, 1.82) is 0 Å². The van der Waals surface area contributed by atoms with Gasteiger partial charge in [-0.1, -0.05) is 133 Å². The summed E-state index contributed by atoms with van der Waals surface area (Å²) in [6.45, 7) is 0. The molecule has 0 amide bonds. The predicted molar refractivity (Wildman–Crippen MR) is 257 cm³/mol. The Kier molecular flexibility index (Phi) is 7.31. The van der Waals surface area contributed by atoms with Gasteiger partial charge >= 0.3 is 0 Å². The summed E-state index contributed by atoms with van der Waals surface area (Å²) >= 11 is 0. The molecule has 2 aromatic heterocycles. The van der Waals surface area contributed by atoms with Crippen molar-refractivity contribution >= 4 is 71.4 Å². The maximum absolute atomic E-state index is 2.47. The number of rotatable bonds is 6. The van der Waals surface area contributed by atoms with Gasteiger partial charge in [0.15, 0.2) is 0 Å². The second-order valence-corrected chi connectivity index (χ2v) is 16.1. The van der Waals surface area contributed by atoms with Crippen molar-refractivity contribution in [3.8, 4) is 44.8 Å². The van der Waals surface area contributed by atoms with Gasteiger partial charge in [0.1, 0.15) is 0 Å². The molecule has 1 aliphatic carbocycles. The SMILES string of the molecule is c1ccc(N(c2ccccc2)c2ccc(-c3ccc(-n4c5cccc6c5c5c7c(cccc7ccc54)-c4cc5c7ccccc7n(-c7ccccc7)c5cc4-6)cc3)cc2)cc1. The van der Waals surface area contributed by atoms with Gasteiger partial charge in [0.2, 0.25) is 0 Å². The van der Waals surface area contributed by atoms with Gasteiger partial charge in [0, 0.05) is 50.0 Å². The zero-order valence-electron chi connectivity index (χ0n) is 33.2. The number of fused-ring (bicyclic) bond motifs is 6. The summed E-state index contributed by atoms with van der Waals surface area (Å²) in [7, 11) is 0. The van der Waals surface area contributed by atoms with Crippen molar-refractivity contribution in [1.82, 2.24) is 9.13 Å². The number of para-hydroxylation sites is 4. The van der Waals surface area contributed by atoms with Gasteiger partial charge in [-0.2, -0.15) is 0 Å². The van der Waals surface area contributed by atoms with Crippen molar-refractivity contribution in [2.24, 2.45) is 0 Å². The Morgan fingerprint density at radius 1 is 0.279 bits per heavy atom. The predicted octanol–water partition coefficient (Wildman–Crippen LogP) is 15.8. The fourth-order valence-corrected chi connectivity index (χ4v) is 10.2. The molecule has 0 atom stereocenters. The van der Waals surface area contributed by atoms with E-state index >= 15 is 0 Å². The normalized spacial score (nSPS) is 11.9. The van der Waals surface area contributed by atoms with E-state index in [-0.39, 0.29) is 0 Å². The van der Waals surface area contributed by atoms with Crippen LogP contribution in [-0.2, 0) is 0 Å². The van der Waals surface area contributed by atoms with Crippen molar-refractivity contribution < 1.29 is 0 Å². The molecule has 0 spiro atoms. The Hall–Kier alpha value is -8.14. The van der Waals surface area contributed by atoms with E-state index in [1.807, 2.05) is 0 Å².